The first-order valence-corrected chi connectivity index (χ1v) is 6.47. The Labute approximate surface area is 112 Å². The number of likely N-dealkylation sites (tertiary alicyclic amines) is 1. The van der Waals surface area contributed by atoms with E-state index in [-0.39, 0.29) is 11.5 Å². The second-order valence-electron chi connectivity index (χ2n) is 4.65. The molecule has 0 atom stereocenters. The van der Waals surface area contributed by atoms with Crippen molar-refractivity contribution in [2.45, 2.75) is 19.3 Å². The third kappa shape index (κ3) is 3.68. The highest BCUT2D eigenvalue weighted by Gasteiger charge is 2.13. The second kappa shape index (κ2) is 6.18. The van der Waals surface area contributed by atoms with Gasteiger partial charge in [-0.2, -0.15) is 0 Å². The van der Waals surface area contributed by atoms with Crippen molar-refractivity contribution in [1.82, 2.24) is 4.90 Å². The zero-order valence-electron chi connectivity index (χ0n) is 10.7. The van der Waals surface area contributed by atoms with E-state index < -0.39 is 5.97 Å². The van der Waals surface area contributed by atoms with Gasteiger partial charge < -0.3 is 10.0 Å². The molecule has 1 heterocycles. The van der Waals surface area contributed by atoms with E-state index in [1.807, 2.05) is 4.90 Å². The van der Waals surface area contributed by atoms with E-state index in [4.69, 9.17) is 5.11 Å². The van der Waals surface area contributed by atoms with Crippen LogP contribution in [0, 0.1) is 0 Å². The number of piperidine rings is 1. The molecule has 4 nitrogen and oxygen atoms in total. The maximum Gasteiger partial charge on any atom is 0.335 e. The SMILES string of the molecule is O=C(O)c1ccc(/C=C/C(=O)N2CCCCC2)cc1. The first-order valence-electron chi connectivity index (χ1n) is 6.47. The van der Waals surface area contributed by atoms with E-state index in [9.17, 15) is 9.59 Å². The maximum absolute atomic E-state index is 11.9. The van der Waals surface area contributed by atoms with Crippen molar-refractivity contribution < 1.29 is 14.7 Å². The molecule has 4 heteroatoms. The molecule has 1 fully saturated rings. The van der Waals surface area contributed by atoms with Gasteiger partial charge in [-0.3, -0.25) is 4.79 Å². The van der Waals surface area contributed by atoms with Gasteiger partial charge in [-0.25, -0.2) is 4.79 Å². The van der Waals surface area contributed by atoms with Crippen LogP contribution in [-0.2, 0) is 4.79 Å². The average molecular weight is 259 g/mol. The number of nitrogens with zero attached hydrogens (tertiary/aromatic N) is 1. The van der Waals surface area contributed by atoms with Crippen molar-refractivity contribution >= 4 is 18.0 Å². The van der Waals surface area contributed by atoms with E-state index in [0.717, 1.165) is 31.5 Å². The van der Waals surface area contributed by atoms with Crippen LogP contribution in [0.1, 0.15) is 35.2 Å². The van der Waals surface area contributed by atoms with Gasteiger partial charge in [-0.1, -0.05) is 12.1 Å². The Balaban J connectivity index is 1.97. The molecule has 0 aromatic heterocycles. The molecule has 1 aliphatic rings. The van der Waals surface area contributed by atoms with Crippen LogP contribution in [0.4, 0.5) is 0 Å². The molecule has 0 bridgehead atoms. The van der Waals surface area contributed by atoms with Crippen LogP contribution in [0.2, 0.25) is 0 Å². The number of carbonyl (C=O) groups excluding carboxylic acids is 1. The summed E-state index contributed by atoms with van der Waals surface area (Å²) in [5.41, 5.74) is 1.08. The number of hydrogen-bond donors (Lipinski definition) is 1. The molecule has 1 saturated heterocycles. The minimum Gasteiger partial charge on any atom is -0.478 e. The van der Waals surface area contributed by atoms with Crippen LogP contribution in [0.25, 0.3) is 6.08 Å². The summed E-state index contributed by atoms with van der Waals surface area (Å²) in [7, 11) is 0. The lowest BCUT2D eigenvalue weighted by molar-refractivity contribution is -0.126. The summed E-state index contributed by atoms with van der Waals surface area (Å²) in [5.74, 6) is -0.915. The van der Waals surface area contributed by atoms with Crippen molar-refractivity contribution in [3.63, 3.8) is 0 Å². The van der Waals surface area contributed by atoms with Crippen molar-refractivity contribution in [2.24, 2.45) is 0 Å². The number of carbonyl (C=O) groups is 2. The van der Waals surface area contributed by atoms with E-state index in [2.05, 4.69) is 0 Å². The van der Waals surface area contributed by atoms with Crippen LogP contribution >= 0.6 is 0 Å². The highest BCUT2D eigenvalue weighted by Crippen LogP contribution is 2.10. The van der Waals surface area contributed by atoms with Gasteiger partial charge in [0.05, 0.1) is 5.56 Å². The summed E-state index contributed by atoms with van der Waals surface area (Å²) in [4.78, 5) is 24.5. The molecule has 2 rings (SSSR count). The first kappa shape index (κ1) is 13.3. The lowest BCUT2D eigenvalue weighted by Gasteiger charge is -2.25. The van der Waals surface area contributed by atoms with E-state index in [1.165, 1.54) is 18.6 Å². The molecule has 1 aromatic carbocycles. The van der Waals surface area contributed by atoms with Gasteiger partial charge in [0.1, 0.15) is 0 Å². The minimum absolute atomic E-state index is 0.0296. The molecule has 0 radical (unpaired) electrons. The number of amides is 1. The molecule has 1 aromatic rings. The van der Waals surface area contributed by atoms with Crippen LogP contribution < -0.4 is 0 Å². The number of benzene rings is 1. The topological polar surface area (TPSA) is 57.6 Å². The highest BCUT2D eigenvalue weighted by atomic mass is 16.4. The van der Waals surface area contributed by atoms with Gasteiger partial charge in [-0.15, -0.1) is 0 Å². The molecule has 1 amide bonds. The Morgan fingerprint density at radius 3 is 2.26 bits per heavy atom. The molecule has 0 aliphatic carbocycles. The molecular weight excluding hydrogens is 242 g/mol. The first-order chi connectivity index (χ1) is 9.16. The molecule has 0 unspecified atom stereocenters. The smallest absolute Gasteiger partial charge is 0.335 e. The van der Waals surface area contributed by atoms with Gasteiger partial charge in [-0.05, 0) is 43.0 Å². The van der Waals surface area contributed by atoms with Crippen molar-refractivity contribution in [3.05, 3.63) is 41.5 Å². The molecule has 1 aliphatic heterocycles. The van der Waals surface area contributed by atoms with Crippen LogP contribution in [0.5, 0.6) is 0 Å². The number of rotatable bonds is 3. The largest absolute Gasteiger partial charge is 0.478 e. The maximum atomic E-state index is 11.9. The third-order valence-electron chi connectivity index (χ3n) is 3.24. The monoisotopic (exact) mass is 259 g/mol. The standard InChI is InChI=1S/C15H17NO3/c17-14(16-10-2-1-3-11-16)9-6-12-4-7-13(8-5-12)15(18)19/h4-9H,1-3,10-11H2,(H,18,19)/b9-6+. The molecule has 1 N–H and O–H groups in total. The number of carboxylic acids is 1. The van der Waals surface area contributed by atoms with Gasteiger partial charge in [0.2, 0.25) is 5.91 Å². The molecule has 0 spiro atoms. The number of aromatic carboxylic acids is 1. The molecule has 19 heavy (non-hydrogen) atoms. The zero-order chi connectivity index (χ0) is 13.7. The van der Waals surface area contributed by atoms with Crippen molar-refractivity contribution in [1.29, 1.82) is 0 Å². The summed E-state index contributed by atoms with van der Waals surface area (Å²) in [6, 6.07) is 6.47. The number of carboxylic acid groups (broad SMARTS) is 1. The quantitative estimate of drug-likeness (QED) is 0.848. The van der Waals surface area contributed by atoms with Crippen molar-refractivity contribution in [2.75, 3.05) is 13.1 Å². The summed E-state index contributed by atoms with van der Waals surface area (Å²) in [6.45, 7) is 1.67. The third-order valence-corrected chi connectivity index (χ3v) is 3.24. The van der Waals surface area contributed by atoms with Gasteiger partial charge in [0.15, 0.2) is 0 Å². The molecular formula is C15H17NO3. The summed E-state index contributed by atoms with van der Waals surface area (Å²) >= 11 is 0. The normalized spacial score (nSPS) is 15.7. The van der Waals surface area contributed by atoms with Gasteiger partial charge in [0.25, 0.3) is 0 Å². The number of hydrogen-bond acceptors (Lipinski definition) is 2. The van der Waals surface area contributed by atoms with Crippen LogP contribution in [0.3, 0.4) is 0 Å². The second-order valence-corrected chi connectivity index (χ2v) is 4.65. The minimum atomic E-state index is -0.945. The summed E-state index contributed by atoms with van der Waals surface area (Å²) in [6.07, 6.45) is 6.63. The Morgan fingerprint density at radius 2 is 1.68 bits per heavy atom. The van der Waals surface area contributed by atoms with E-state index in [1.54, 1.807) is 24.3 Å². The predicted octanol–water partition coefficient (Wildman–Crippen LogP) is 2.41. The van der Waals surface area contributed by atoms with Gasteiger partial charge in [0, 0.05) is 19.2 Å². The Morgan fingerprint density at radius 1 is 1.05 bits per heavy atom. The fourth-order valence-electron chi connectivity index (χ4n) is 2.12. The Kier molecular flexibility index (Phi) is 4.34. The van der Waals surface area contributed by atoms with Gasteiger partial charge >= 0.3 is 5.97 Å². The Bertz CT molecular complexity index is 485. The Hall–Kier alpha value is -2.10. The fourth-order valence-corrected chi connectivity index (χ4v) is 2.12. The zero-order valence-corrected chi connectivity index (χ0v) is 10.7. The lowest BCUT2D eigenvalue weighted by Crippen LogP contribution is -2.34. The molecule has 100 valence electrons. The van der Waals surface area contributed by atoms with Crippen molar-refractivity contribution in [3.8, 4) is 0 Å². The van der Waals surface area contributed by atoms with Crippen LogP contribution in [-0.4, -0.2) is 35.0 Å². The molecule has 0 saturated carbocycles. The van der Waals surface area contributed by atoms with E-state index in [0.29, 0.717) is 0 Å². The average Bonchev–Trinajstić information content (AvgIpc) is 2.46. The fraction of sp³-hybridized carbons (Fsp3) is 0.333. The highest BCUT2D eigenvalue weighted by molar-refractivity contribution is 5.92. The predicted molar refractivity (Wildman–Crippen MR) is 72.9 cm³/mol. The summed E-state index contributed by atoms with van der Waals surface area (Å²) < 4.78 is 0. The lowest BCUT2D eigenvalue weighted by atomic mass is 10.1. The van der Waals surface area contributed by atoms with Crippen LogP contribution in [0.15, 0.2) is 30.3 Å². The van der Waals surface area contributed by atoms with E-state index >= 15 is 0 Å². The summed E-state index contributed by atoms with van der Waals surface area (Å²) in [5, 5.41) is 8.79.